The monoisotopic (exact) mass is 905 g/mol. The van der Waals surface area contributed by atoms with Crippen molar-refractivity contribution in [2.75, 3.05) is 9.80 Å². The second-order valence-electron chi connectivity index (χ2n) is 8.36. The van der Waals surface area contributed by atoms with E-state index in [1.54, 1.807) is 31.2 Å². The number of anilines is 2. The van der Waals surface area contributed by atoms with Crippen LogP contribution in [0, 0.1) is 7.05 Å². The van der Waals surface area contributed by atoms with Gasteiger partial charge in [-0.25, -0.2) is 11.8 Å². The SMILES string of the molecule is CC.CC.CC.CCC(=O)N1C(=O)Cc2ccccc21.O=c1cc(O)c2ccccc2o1.[Ba+2].[CH2-]N1C(=O)Cc2ccccc21.[H-].[H-].[Y].[Y]. The molecule has 2 aliphatic rings. The first-order valence-corrected chi connectivity index (χ1v) is 14.7. The summed E-state index contributed by atoms with van der Waals surface area (Å²) in [6, 6.07) is 23.0. The number of rotatable bonds is 1. The van der Waals surface area contributed by atoms with E-state index in [1.807, 2.05) is 90.1 Å². The van der Waals surface area contributed by atoms with Crippen molar-refractivity contribution in [1.82, 2.24) is 0 Å². The van der Waals surface area contributed by atoms with E-state index in [-0.39, 0.29) is 141 Å². The van der Waals surface area contributed by atoms with Gasteiger partial charge in [0.15, 0.2) is 0 Å². The third-order valence-electron chi connectivity index (χ3n) is 5.93. The minimum Gasteiger partial charge on any atom is -1.00 e. The van der Waals surface area contributed by atoms with Gasteiger partial charge in [-0.05, 0) is 35.4 Å². The van der Waals surface area contributed by atoms with Gasteiger partial charge in [0, 0.05) is 77.5 Å². The molecule has 2 radical (unpaired) electrons. The van der Waals surface area contributed by atoms with Gasteiger partial charge in [-0.15, -0.1) is 0 Å². The van der Waals surface area contributed by atoms with Crippen LogP contribution in [0.1, 0.15) is 68.9 Å². The first-order valence-electron chi connectivity index (χ1n) is 14.7. The fraction of sp³-hybridized carbons (Fsp3) is 0.286. The van der Waals surface area contributed by atoms with Crippen molar-refractivity contribution in [2.24, 2.45) is 0 Å². The molecule has 240 valence electrons. The predicted octanol–water partition coefficient (Wildman–Crippen LogP) is 7.30. The molecule has 0 bridgehead atoms. The van der Waals surface area contributed by atoms with Crippen LogP contribution >= 0.6 is 0 Å². The fourth-order valence-corrected chi connectivity index (χ4v) is 4.10. The van der Waals surface area contributed by atoms with Crippen LogP contribution in [-0.2, 0) is 92.6 Å². The van der Waals surface area contributed by atoms with Crippen molar-refractivity contribution in [3.05, 3.63) is 107 Å². The van der Waals surface area contributed by atoms with Crippen molar-refractivity contribution in [2.45, 2.75) is 67.7 Å². The quantitative estimate of drug-likeness (QED) is 0.122. The molecule has 3 heterocycles. The van der Waals surface area contributed by atoms with Crippen molar-refractivity contribution < 1.29 is 92.2 Å². The molecule has 4 aromatic rings. The number of amides is 3. The molecule has 0 saturated heterocycles. The number of nitrogens with zero attached hydrogens (tertiary/aromatic N) is 2. The number of fused-ring (bicyclic) bond motifs is 3. The minimum atomic E-state index is -0.536. The van der Waals surface area contributed by atoms with Crippen LogP contribution in [0.25, 0.3) is 11.0 Å². The number of hydrogen-bond acceptors (Lipinski definition) is 6. The van der Waals surface area contributed by atoms with Gasteiger partial charge in [0.1, 0.15) is 11.3 Å². The molecule has 2 aliphatic heterocycles. The fourth-order valence-electron chi connectivity index (χ4n) is 4.10. The van der Waals surface area contributed by atoms with Crippen molar-refractivity contribution in [3.63, 3.8) is 0 Å². The molecule has 0 saturated carbocycles. The molecule has 11 heteroatoms. The average molecular weight is 905 g/mol. The van der Waals surface area contributed by atoms with Gasteiger partial charge in [0.2, 0.25) is 17.7 Å². The van der Waals surface area contributed by atoms with E-state index in [9.17, 15) is 24.3 Å². The first kappa shape index (κ1) is 49.4. The summed E-state index contributed by atoms with van der Waals surface area (Å²) in [5, 5.41) is 9.84. The zero-order valence-corrected chi connectivity index (χ0v) is 38.2. The number of carbonyl (C=O) groups is 3. The summed E-state index contributed by atoms with van der Waals surface area (Å²) in [7, 11) is 3.64. The largest absolute Gasteiger partial charge is 2.00 e. The Morgan fingerprint density at radius 3 is 1.78 bits per heavy atom. The molecular formula is C35H45BaN2O6Y2-. The maximum Gasteiger partial charge on any atom is 2.00 e. The van der Waals surface area contributed by atoms with Gasteiger partial charge >= 0.3 is 54.5 Å². The molecule has 1 aromatic heterocycles. The van der Waals surface area contributed by atoms with Crippen LogP contribution in [-0.4, -0.2) is 71.7 Å². The second kappa shape index (κ2) is 26.9. The van der Waals surface area contributed by atoms with E-state index in [2.05, 4.69) is 7.05 Å². The Kier molecular flexibility index (Phi) is 29.0. The Labute approximate surface area is 366 Å². The van der Waals surface area contributed by atoms with Gasteiger partial charge in [-0.3, -0.25) is 19.3 Å². The number of aromatic hydroxyl groups is 1. The summed E-state index contributed by atoms with van der Waals surface area (Å²) in [5.41, 5.74) is 3.59. The first-order chi connectivity index (χ1) is 20.8. The van der Waals surface area contributed by atoms with E-state index in [0.29, 0.717) is 30.2 Å². The normalized spacial score (nSPS) is 11.1. The molecule has 0 atom stereocenters. The summed E-state index contributed by atoms with van der Waals surface area (Å²) < 4.78 is 4.83. The van der Waals surface area contributed by atoms with E-state index in [4.69, 9.17) is 4.42 Å². The zero-order chi connectivity index (χ0) is 32.5. The third-order valence-corrected chi connectivity index (χ3v) is 5.93. The maximum atomic E-state index is 11.5. The number of benzene rings is 3. The van der Waals surface area contributed by atoms with E-state index in [1.165, 1.54) is 9.80 Å². The Balaban J connectivity index is -0.000000171. The minimum absolute atomic E-state index is 0. The van der Waals surface area contributed by atoms with Crippen LogP contribution in [0.2, 0.25) is 0 Å². The van der Waals surface area contributed by atoms with Crippen molar-refractivity contribution in [3.8, 4) is 5.75 Å². The molecule has 6 rings (SSSR count). The van der Waals surface area contributed by atoms with Crippen molar-refractivity contribution in [1.29, 1.82) is 0 Å². The second-order valence-corrected chi connectivity index (χ2v) is 8.36. The Morgan fingerprint density at radius 2 is 1.24 bits per heavy atom. The summed E-state index contributed by atoms with van der Waals surface area (Å²) in [6.45, 7) is 13.8. The van der Waals surface area contributed by atoms with Crippen LogP contribution in [0.4, 0.5) is 11.4 Å². The zero-order valence-electron chi connectivity index (χ0n) is 30.1. The van der Waals surface area contributed by atoms with E-state index < -0.39 is 5.63 Å². The van der Waals surface area contributed by atoms with E-state index >= 15 is 0 Å². The van der Waals surface area contributed by atoms with Gasteiger partial charge in [0.25, 0.3) is 0 Å². The topological polar surface area (TPSA) is 108 Å². The number of para-hydroxylation sites is 3. The summed E-state index contributed by atoms with van der Waals surface area (Å²) in [4.78, 5) is 47.6. The molecule has 1 N–H and O–H groups in total. The summed E-state index contributed by atoms with van der Waals surface area (Å²) >= 11 is 0. The van der Waals surface area contributed by atoms with Crippen LogP contribution < -0.4 is 15.4 Å². The Bertz CT molecular complexity index is 1570. The van der Waals surface area contributed by atoms with Gasteiger partial charge in [-0.1, -0.05) is 97.0 Å². The average Bonchev–Trinajstić information content (AvgIpc) is 3.54. The number of carbonyl (C=O) groups excluding carboxylic acids is 3. The standard InChI is InChI=1S/C11H11NO2.C9H8NO.C9H6O3.3C2H6.Ba.2Y.2H/c1-2-10(13)12-9-6-4-3-5-8(9)7-11(12)14;1-10-8-5-3-2-4-7(8)6-9(10)11;10-7-5-9(11)12-8-4-2-1-3-6(7)8;3*1-2;;;;;/h3-6H,2,7H2,1H3;2-5H,1,6H2;1-5,10H;3*1-2H3;;;;;/q;-1;;;;;+2;;;2*-1. The van der Waals surface area contributed by atoms with E-state index in [0.717, 1.165) is 28.6 Å². The molecule has 46 heavy (non-hydrogen) atoms. The molecule has 0 aliphatic carbocycles. The molecule has 8 nitrogen and oxygen atoms in total. The Morgan fingerprint density at radius 1 is 0.783 bits per heavy atom. The number of imide groups is 1. The Hall–Kier alpha value is -0.941. The van der Waals surface area contributed by atoms with Gasteiger partial charge < -0.3 is 17.3 Å². The smallest absolute Gasteiger partial charge is 1.00 e. The molecule has 0 unspecified atom stereocenters. The molecule has 0 spiro atoms. The molecule has 3 aromatic carbocycles. The van der Waals surface area contributed by atoms with Gasteiger partial charge in [0.05, 0.1) is 30.0 Å². The van der Waals surface area contributed by atoms with Crippen LogP contribution in [0.15, 0.2) is 88.1 Å². The van der Waals surface area contributed by atoms with Crippen molar-refractivity contribution >= 4 is 88.9 Å². The van der Waals surface area contributed by atoms with Crippen LogP contribution in [0.5, 0.6) is 5.75 Å². The summed E-state index contributed by atoms with van der Waals surface area (Å²) in [6.07, 6.45) is 1.21. The van der Waals surface area contributed by atoms with Gasteiger partial charge in [-0.2, -0.15) is 0 Å². The maximum absolute atomic E-state index is 11.5. The molecule has 3 amide bonds. The number of hydrogen-bond donors (Lipinski definition) is 1. The summed E-state index contributed by atoms with van der Waals surface area (Å²) in [5.74, 6) is -0.203. The van der Waals surface area contributed by atoms with Crippen LogP contribution in [0.3, 0.4) is 0 Å². The molecule has 0 fully saturated rings. The third kappa shape index (κ3) is 13.9. The molecular weight excluding hydrogens is 860 g/mol. The predicted molar refractivity (Wildman–Crippen MR) is 182 cm³/mol.